The second-order valence-electron chi connectivity index (χ2n) is 6.00. The number of amides is 2. The second kappa shape index (κ2) is 9.52. The van der Waals surface area contributed by atoms with E-state index in [2.05, 4.69) is 15.4 Å². The standard InChI is InChI=1S/C21H24N2O4/c1-4-14-7-6-8-15(5-2)20(14)23-19(25)13-18(24)22-17-11-9-16(10-12-17)21(26)27-3/h6-12H,4-5,13H2,1-3H3,(H,22,24)(H,23,25). The average molecular weight is 368 g/mol. The van der Waals surface area contributed by atoms with E-state index >= 15 is 0 Å². The molecule has 0 aromatic heterocycles. The zero-order valence-electron chi connectivity index (χ0n) is 15.8. The Balaban J connectivity index is 1.98. The Morgan fingerprint density at radius 3 is 1.93 bits per heavy atom. The number of benzene rings is 2. The molecule has 2 aromatic rings. The molecule has 142 valence electrons. The van der Waals surface area contributed by atoms with Crippen LogP contribution in [0.5, 0.6) is 0 Å². The number of ether oxygens (including phenoxy) is 1. The maximum atomic E-state index is 12.3. The number of anilines is 2. The van der Waals surface area contributed by atoms with Crippen LogP contribution in [0.2, 0.25) is 0 Å². The summed E-state index contributed by atoms with van der Waals surface area (Å²) < 4.78 is 4.62. The van der Waals surface area contributed by atoms with E-state index in [0.29, 0.717) is 11.3 Å². The molecule has 0 atom stereocenters. The summed E-state index contributed by atoms with van der Waals surface area (Å²) in [6.07, 6.45) is 1.30. The van der Waals surface area contributed by atoms with Gasteiger partial charge in [0.05, 0.1) is 12.7 Å². The number of rotatable bonds is 7. The van der Waals surface area contributed by atoms with Crippen molar-refractivity contribution in [3.8, 4) is 0 Å². The highest BCUT2D eigenvalue weighted by Crippen LogP contribution is 2.22. The molecule has 27 heavy (non-hydrogen) atoms. The van der Waals surface area contributed by atoms with Gasteiger partial charge in [-0.3, -0.25) is 9.59 Å². The van der Waals surface area contributed by atoms with Gasteiger partial charge < -0.3 is 15.4 Å². The SMILES string of the molecule is CCc1cccc(CC)c1NC(=O)CC(=O)Nc1ccc(C(=O)OC)cc1. The molecule has 0 bridgehead atoms. The van der Waals surface area contributed by atoms with Crippen LogP contribution in [-0.2, 0) is 27.2 Å². The largest absolute Gasteiger partial charge is 0.465 e. The van der Waals surface area contributed by atoms with E-state index in [1.165, 1.54) is 7.11 Å². The van der Waals surface area contributed by atoms with Gasteiger partial charge in [-0.2, -0.15) is 0 Å². The molecule has 0 radical (unpaired) electrons. The monoisotopic (exact) mass is 368 g/mol. The molecule has 2 aromatic carbocycles. The van der Waals surface area contributed by atoms with Gasteiger partial charge >= 0.3 is 5.97 Å². The normalized spacial score (nSPS) is 10.2. The van der Waals surface area contributed by atoms with Crippen LogP contribution in [-0.4, -0.2) is 24.9 Å². The summed E-state index contributed by atoms with van der Waals surface area (Å²) >= 11 is 0. The number of esters is 1. The Kier molecular flexibility index (Phi) is 7.11. The molecule has 2 amide bonds. The maximum absolute atomic E-state index is 12.3. The van der Waals surface area contributed by atoms with Crippen molar-refractivity contribution in [2.75, 3.05) is 17.7 Å². The van der Waals surface area contributed by atoms with E-state index in [4.69, 9.17) is 0 Å². The first-order valence-electron chi connectivity index (χ1n) is 8.87. The van der Waals surface area contributed by atoms with Crippen molar-refractivity contribution < 1.29 is 19.1 Å². The minimum Gasteiger partial charge on any atom is -0.465 e. The predicted octanol–water partition coefficient (Wildman–Crippen LogP) is 3.57. The van der Waals surface area contributed by atoms with Gasteiger partial charge in [0.25, 0.3) is 0 Å². The van der Waals surface area contributed by atoms with Crippen LogP contribution in [0, 0.1) is 0 Å². The molecule has 6 nitrogen and oxygen atoms in total. The number of hydrogen-bond acceptors (Lipinski definition) is 4. The lowest BCUT2D eigenvalue weighted by Gasteiger charge is -2.14. The highest BCUT2D eigenvalue weighted by atomic mass is 16.5. The number of nitrogens with one attached hydrogen (secondary N) is 2. The van der Waals surface area contributed by atoms with E-state index in [9.17, 15) is 14.4 Å². The Hall–Kier alpha value is -3.15. The zero-order valence-corrected chi connectivity index (χ0v) is 15.8. The number of para-hydroxylation sites is 1. The van der Waals surface area contributed by atoms with Gasteiger partial charge in [-0.1, -0.05) is 32.0 Å². The van der Waals surface area contributed by atoms with Crippen LogP contribution >= 0.6 is 0 Å². The predicted molar refractivity (Wildman–Crippen MR) is 105 cm³/mol. The second-order valence-corrected chi connectivity index (χ2v) is 6.00. The number of methoxy groups -OCH3 is 1. The third-order valence-corrected chi connectivity index (χ3v) is 4.17. The van der Waals surface area contributed by atoms with Crippen molar-refractivity contribution in [1.29, 1.82) is 0 Å². The smallest absolute Gasteiger partial charge is 0.337 e. The summed E-state index contributed by atoms with van der Waals surface area (Å²) in [5, 5.41) is 5.52. The summed E-state index contributed by atoms with van der Waals surface area (Å²) in [4.78, 5) is 35.8. The fourth-order valence-corrected chi connectivity index (χ4v) is 2.75. The quantitative estimate of drug-likeness (QED) is 0.578. The topological polar surface area (TPSA) is 84.5 Å². The van der Waals surface area contributed by atoms with Gasteiger partial charge in [-0.15, -0.1) is 0 Å². The molecule has 0 aliphatic heterocycles. The Bertz CT molecular complexity index is 806. The molecule has 0 aliphatic rings. The lowest BCUT2D eigenvalue weighted by Crippen LogP contribution is -2.22. The first-order valence-corrected chi connectivity index (χ1v) is 8.87. The molecule has 6 heteroatoms. The summed E-state index contributed by atoms with van der Waals surface area (Å²) in [7, 11) is 1.30. The highest BCUT2D eigenvalue weighted by Gasteiger charge is 2.14. The Morgan fingerprint density at radius 1 is 0.852 bits per heavy atom. The molecule has 0 saturated carbocycles. The first-order chi connectivity index (χ1) is 13.0. The first kappa shape index (κ1) is 20.2. The van der Waals surface area contributed by atoms with Gasteiger partial charge in [-0.25, -0.2) is 4.79 Å². The van der Waals surface area contributed by atoms with Crippen molar-refractivity contribution >= 4 is 29.2 Å². The van der Waals surface area contributed by atoms with Crippen molar-refractivity contribution in [3.63, 3.8) is 0 Å². The maximum Gasteiger partial charge on any atom is 0.337 e. The summed E-state index contributed by atoms with van der Waals surface area (Å²) in [5.74, 6) is -1.24. The molecule has 0 saturated heterocycles. The van der Waals surface area contributed by atoms with E-state index in [0.717, 1.165) is 29.7 Å². The number of carbonyl (C=O) groups excluding carboxylic acids is 3. The number of carbonyl (C=O) groups is 3. The van der Waals surface area contributed by atoms with E-state index < -0.39 is 11.9 Å². The van der Waals surface area contributed by atoms with Crippen molar-refractivity contribution in [2.24, 2.45) is 0 Å². The van der Waals surface area contributed by atoms with Gasteiger partial charge in [-0.05, 0) is 48.2 Å². The van der Waals surface area contributed by atoms with Gasteiger partial charge in [0.15, 0.2) is 0 Å². The van der Waals surface area contributed by atoms with Crippen molar-refractivity contribution in [2.45, 2.75) is 33.1 Å². The lowest BCUT2D eigenvalue weighted by atomic mass is 10.0. The van der Waals surface area contributed by atoms with E-state index in [-0.39, 0.29) is 12.3 Å². The van der Waals surface area contributed by atoms with Crippen LogP contribution in [0.1, 0.15) is 41.8 Å². The van der Waals surface area contributed by atoms with E-state index in [1.807, 2.05) is 32.0 Å². The summed E-state index contributed by atoms with van der Waals surface area (Å²) in [5.41, 5.74) is 3.77. The molecule has 0 unspecified atom stereocenters. The highest BCUT2D eigenvalue weighted by molar-refractivity contribution is 6.08. The third kappa shape index (κ3) is 5.41. The molecule has 2 rings (SSSR count). The molecule has 0 spiro atoms. The zero-order chi connectivity index (χ0) is 19.8. The fraction of sp³-hybridized carbons (Fsp3) is 0.286. The minimum absolute atomic E-state index is 0.292. The van der Waals surface area contributed by atoms with Crippen LogP contribution < -0.4 is 10.6 Å². The fourth-order valence-electron chi connectivity index (χ4n) is 2.75. The number of aryl methyl sites for hydroxylation is 2. The summed E-state index contributed by atoms with van der Waals surface area (Å²) in [6.45, 7) is 4.05. The minimum atomic E-state index is -0.450. The van der Waals surface area contributed by atoms with Crippen LogP contribution in [0.4, 0.5) is 11.4 Å². The van der Waals surface area contributed by atoms with Gasteiger partial charge in [0, 0.05) is 11.4 Å². The lowest BCUT2D eigenvalue weighted by molar-refractivity contribution is -0.123. The molecule has 0 aliphatic carbocycles. The summed E-state index contributed by atoms with van der Waals surface area (Å²) in [6, 6.07) is 12.2. The van der Waals surface area contributed by atoms with Crippen LogP contribution in [0.3, 0.4) is 0 Å². The molecular formula is C21H24N2O4. The number of hydrogen-bond donors (Lipinski definition) is 2. The molecular weight excluding hydrogens is 344 g/mol. The van der Waals surface area contributed by atoms with Gasteiger partial charge in [0.1, 0.15) is 6.42 Å². The molecule has 0 heterocycles. The van der Waals surface area contributed by atoms with Crippen molar-refractivity contribution in [1.82, 2.24) is 0 Å². The van der Waals surface area contributed by atoms with Crippen molar-refractivity contribution in [3.05, 3.63) is 59.2 Å². The Labute approximate surface area is 158 Å². The van der Waals surface area contributed by atoms with Gasteiger partial charge in [0.2, 0.25) is 11.8 Å². The van der Waals surface area contributed by atoms with E-state index in [1.54, 1.807) is 24.3 Å². The Morgan fingerprint density at radius 2 is 1.41 bits per heavy atom. The van der Waals surface area contributed by atoms with Crippen LogP contribution in [0.25, 0.3) is 0 Å². The molecule has 0 fully saturated rings. The molecule has 2 N–H and O–H groups in total. The van der Waals surface area contributed by atoms with Crippen LogP contribution in [0.15, 0.2) is 42.5 Å². The third-order valence-electron chi connectivity index (χ3n) is 4.17. The average Bonchev–Trinajstić information content (AvgIpc) is 2.67.